The van der Waals surface area contributed by atoms with Crippen LogP contribution in [0, 0.1) is 5.92 Å². The Kier molecular flexibility index (Phi) is 12.8. The van der Waals surface area contributed by atoms with Crippen LogP contribution in [0.25, 0.3) is 0 Å². The first-order chi connectivity index (χ1) is 19.3. The number of fused-ring (bicyclic) bond motifs is 1. The standard InChI is InChI=1S/C29H46N6O4S/c1-4-23(30)28(37)34-27-20(16-32-18-26(40)33-5-2)8-9-21-10-13-24(35(21)29(27)38)25(36)17-31-15-14-19-6-11-22(39-3)12-7-19/h6-7,11-12,20-21,23-24,27,31-32H,4-5,8-10,13-18,30H2,1-3H3,(H,33,40)(H,34,37)/t20-,21+,23+,24+,27+/m1/s1. The second-order valence-corrected chi connectivity index (χ2v) is 11.1. The lowest BCUT2D eigenvalue weighted by atomic mass is 9.92. The average Bonchev–Trinajstić information content (AvgIpc) is 3.34. The Bertz CT molecular complexity index is 1010. The van der Waals surface area contributed by atoms with E-state index >= 15 is 0 Å². The van der Waals surface area contributed by atoms with Gasteiger partial charge in [0.25, 0.3) is 0 Å². The van der Waals surface area contributed by atoms with Gasteiger partial charge in [0, 0.05) is 31.6 Å². The van der Waals surface area contributed by atoms with Crippen molar-refractivity contribution in [2.75, 3.05) is 39.8 Å². The first-order valence-corrected chi connectivity index (χ1v) is 14.9. The van der Waals surface area contributed by atoms with Gasteiger partial charge in [0.05, 0.1) is 30.7 Å². The van der Waals surface area contributed by atoms with Crippen LogP contribution in [0.2, 0.25) is 0 Å². The van der Waals surface area contributed by atoms with Crippen LogP contribution in [-0.4, -0.2) is 91.5 Å². The lowest BCUT2D eigenvalue weighted by Crippen LogP contribution is -2.58. The van der Waals surface area contributed by atoms with E-state index in [-0.39, 0.29) is 36.1 Å². The molecule has 0 saturated carbocycles. The molecule has 3 rings (SSSR count). The summed E-state index contributed by atoms with van der Waals surface area (Å²) in [6.07, 6.45) is 4.23. The summed E-state index contributed by atoms with van der Waals surface area (Å²) in [6, 6.07) is 5.94. The van der Waals surface area contributed by atoms with Crippen molar-refractivity contribution in [1.29, 1.82) is 0 Å². The topological polar surface area (TPSA) is 138 Å². The molecule has 0 aliphatic carbocycles. The third-order valence-electron chi connectivity index (χ3n) is 7.93. The van der Waals surface area contributed by atoms with E-state index in [4.69, 9.17) is 22.7 Å². The number of ether oxygens (including phenoxy) is 1. The molecular weight excluding hydrogens is 528 g/mol. The minimum absolute atomic E-state index is 0.00663. The molecule has 0 aromatic heterocycles. The number of methoxy groups -OCH3 is 1. The molecule has 0 spiro atoms. The third-order valence-corrected chi connectivity index (χ3v) is 8.21. The van der Waals surface area contributed by atoms with Crippen LogP contribution < -0.4 is 31.7 Å². The number of thiocarbonyl (C=S) groups is 1. The Morgan fingerprint density at radius 3 is 2.50 bits per heavy atom. The van der Waals surface area contributed by atoms with Crippen molar-refractivity contribution in [3.8, 4) is 5.75 Å². The molecule has 0 radical (unpaired) electrons. The van der Waals surface area contributed by atoms with Crippen molar-refractivity contribution in [2.45, 2.75) is 76.5 Å². The lowest BCUT2D eigenvalue weighted by Gasteiger charge is -2.32. The molecule has 2 aliphatic heterocycles. The molecule has 1 aromatic rings. The van der Waals surface area contributed by atoms with Crippen LogP contribution in [-0.2, 0) is 20.8 Å². The van der Waals surface area contributed by atoms with E-state index in [9.17, 15) is 14.4 Å². The highest BCUT2D eigenvalue weighted by molar-refractivity contribution is 7.80. The van der Waals surface area contributed by atoms with Crippen LogP contribution in [0.1, 0.15) is 51.5 Å². The molecule has 10 nitrogen and oxygen atoms in total. The number of ketones is 1. The zero-order valence-corrected chi connectivity index (χ0v) is 24.9. The van der Waals surface area contributed by atoms with E-state index < -0.39 is 18.1 Å². The molecule has 6 N–H and O–H groups in total. The SMILES string of the molecule is CCNC(=S)CNC[C@H]1CC[C@H]2CC[C@@H](C(=O)CNCCc3ccc(OC)cc3)N2C(=O)[C@H]1NC(=O)[C@@H](N)CC. The van der Waals surface area contributed by atoms with Crippen molar-refractivity contribution >= 4 is 34.8 Å². The van der Waals surface area contributed by atoms with Crippen LogP contribution in [0.4, 0.5) is 0 Å². The van der Waals surface area contributed by atoms with Gasteiger partial charge in [0.1, 0.15) is 11.8 Å². The van der Waals surface area contributed by atoms with Crippen molar-refractivity contribution in [1.82, 2.24) is 26.2 Å². The van der Waals surface area contributed by atoms with Gasteiger partial charge in [0.15, 0.2) is 5.78 Å². The molecule has 0 unspecified atom stereocenters. The van der Waals surface area contributed by atoms with Gasteiger partial charge in [-0.2, -0.15) is 0 Å². The van der Waals surface area contributed by atoms with E-state index in [0.717, 1.165) is 43.5 Å². The van der Waals surface area contributed by atoms with Gasteiger partial charge in [-0.05, 0) is 69.7 Å². The molecule has 1 aromatic carbocycles. The number of likely N-dealkylation sites (N-methyl/N-ethyl adjacent to an activating group) is 1. The second kappa shape index (κ2) is 16.0. The summed E-state index contributed by atoms with van der Waals surface area (Å²) in [5.41, 5.74) is 7.15. The Labute approximate surface area is 243 Å². The highest BCUT2D eigenvalue weighted by Crippen LogP contribution is 2.34. The van der Waals surface area contributed by atoms with Crippen molar-refractivity contribution < 1.29 is 19.1 Å². The number of benzene rings is 1. The molecule has 2 amide bonds. The molecule has 5 atom stereocenters. The summed E-state index contributed by atoms with van der Waals surface area (Å²) in [6.45, 7) is 6.45. The molecule has 2 aliphatic rings. The van der Waals surface area contributed by atoms with Gasteiger partial charge in [-0.1, -0.05) is 31.3 Å². The summed E-state index contributed by atoms with van der Waals surface area (Å²) in [5.74, 6) is 0.164. The molecule has 2 heterocycles. The second-order valence-electron chi connectivity index (χ2n) is 10.7. The minimum atomic E-state index is -0.744. The maximum Gasteiger partial charge on any atom is 0.246 e. The smallest absolute Gasteiger partial charge is 0.246 e. The lowest BCUT2D eigenvalue weighted by molar-refractivity contribution is -0.142. The molecular formula is C29H46N6O4S. The monoisotopic (exact) mass is 574 g/mol. The van der Waals surface area contributed by atoms with Crippen molar-refractivity contribution in [3.63, 3.8) is 0 Å². The number of hydrogen-bond acceptors (Lipinski definition) is 8. The van der Waals surface area contributed by atoms with Gasteiger partial charge < -0.3 is 36.6 Å². The summed E-state index contributed by atoms with van der Waals surface area (Å²) in [5, 5.41) is 12.7. The van der Waals surface area contributed by atoms with Crippen LogP contribution in [0.5, 0.6) is 5.75 Å². The number of hydrogen-bond donors (Lipinski definition) is 5. The number of rotatable bonds is 15. The Morgan fingerprint density at radius 2 is 1.82 bits per heavy atom. The molecule has 2 saturated heterocycles. The van der Waals surface area contributed by atoms with E-state index in [1.165, 1.54) is 0 Å². The van der Waals surface area contributed by atoms with E-state index in [2.05, 4.69) is 21.3 Å². The summed E-state index contributed by atoms with van der Waals surface area (Å²) < 4.78 is 5.20. The fraction of sp³-hybridized carbons (Fsp3) is 0.655. The first-order valence-electron chi connectivity index (χ1n) is 14.5. The highest BCUT2D eigenvalue weighted by Gasteiger charge is 2.47. The average molecular weight is 575 g/mol. The maximum absolute atomic E-state index is 14.0. The number of nitrogens with two attached hydrogens (primary N) is 1. The Morgan fingerprint density at radius 1 is 1.10 bits per heavy atom. The third kappa shape index (κ3) is 8.70. The number of carbonyl (C=O) groups excluding carboxylic acids is 3. The molecule has 222 valence electrons. The zero-order chi connectivity index (χ0) is 29.1. The number of Topliss-reactive ketones (excluding diaryl/α,β-unsaturated/α-hetero) is 1. The van der Waals surface area contributed by atoms with E-state index in [1.54, 1.807) is 12.0 Å². The normalized spacial score (nSPS) is 23.2. The maximum atomic E-state index is 14.0. The zero-order valence-electron chi connectivity index (χ0n) is 24.0. The first kappa shape index (κ1) is 31.9. The molecule has 2 fully saturated rings. The molecule has 40 heavy (non-hydrogen) atoms. The van der Waals surface area contributed by atoms with Gasteiger partial charge in [-0.15, -0.1) is 0 Å². The van der Waals surface area contributed by atoms with Crippen molar-refractivity contribution in [3.05, 3.63) is 29.8 Å². The molecule has 0 bridgehead atoms. The van der Waals surface area contributed by atoms with Crippen LogP contribution in [0.15, 0.2) is 24.3 Å². The van der Waals surface area contributed by atoms with Gasteiger partial charge in [0.2, 0.25) is 11.8 Å². The van der Waals surface area contributed by atoms with E-state index in [0.29, 0.717) is 37.5 Å². The number of amides is 2. The highest BCUT2D eigenvalue weighted by atomic mass is 32.1. The van der Waals surface area contributed by atoms with Crippen LogP contribution in [0.3, 0.4) is 0 Å². The molecule has 11 heteroatoms. The van der Waals surface area contributed by atoms with Crippen LogP contribution >= 0.6 is 12.2 Å². The van der Waals surface area contributed by atoms with Gasteiger partial charge in [-0.25, -0.2) is 0 Å². The number of nitrogens with one attached hydrogen (secondary N) is 4. The predicted molar refractivity (Wildman–Crippen MR) is 160 cm³/mol. The van der Waals surface area contributed by atoms with Crippen molar-refractivity contribution in [2.24, 2.45) is 11.7 Å². The predicted octanol–water partition coefficient (Wildman–Crippen LogP) is 0.915. The van der Waals surface area contributed by atoms with E-state index in [1.807, 2.05) is 38.1 Å². The Hall–Kier alpha value is -2.60. The quantitative estimate of drug-likeness (QED) is 0.153. The Balaban J connectivity index is 1.63. The summed E-state index contributed by atoms with van der Waals surface area (Å²) in [7, 11) is 1.64. The van der Waals surface area contributed by atoms with Gasteiger partial charge in [-0.3, -0.25) is 14.4 Å². The number of carbonyl (C=O) groups is 3. The van der Waals surface area contributed by atoms with Gasteiger partial charge >= 0.3 is 0 Å². The fourth-order valence-electron chi connectivity index (χ4n) is 5.58. The summed E-state index contributed by atoms with van der Waals surface area (Å²) >= 11 is 5.33. The minimum Gasteiger partial charge on any atom is -0.497 e. The largest absolute Gasteiger partial charge is 0.497 e. The fourth-order valence-corrected chi connectivity index (χ4v) is 5.83. The number of nitrogens with zero attached hydrogens (tertiary/aromatic N) is 1. The summed E-state index contributed by atoms with van der Waals surface area (Å²) in [4.78, 5) is 42.6.